The summed E-state index contributed by atoms with van der Waals surface area (Å²) in [6.07, 6.45) is 0. The predicted molar refractivity (Wildman–Crippen MR) is 147 cm³/mol. The second-order valence-electron chi connectivity index (χ2n) is 8.88. The minimum atomic E-state index is -4.28. The molecule has 0 aliphatic rings. The highest BCUT2D eigenvalue weighted by Crippen LogP contribution is 2.28. The van der Waals surface area contributed by atoms with Crippen molar-refractivity contribution < 1.29 is 22.4 Å². The smallest absolute Gasteiger partial charge is 0.264 e. The van der Waals surface area contributed by atoms with Gasteiger partial charge in [-0.25, -0.2) is 12.8 Å². The zero-order valence-corrected chi connectivity index (χ0v) is 23.4. The maximum atomic E-state index is 13.9. The first-order valence-corrected chi connectivity index (χ1v) is 14.0. The van der Waals surface area contributed by atoms with Gasteiger partial charge >= 0.3 is 0 Å². The van der Waals surface area contributed by atoms with Gasteiger partial charge in [-0.3, -0.25) is 13.9 Å². The molecule has 0 bridgehead atoms. The molecule has 0 saturated heterocycles. The van der Waals surface area contributed by atoms with Crippen LogP contribution in [0.4, 0.5) is 10.1 Å². The van der Waals surface area contributed by atoms with E-state index in [0.29, 0.717) is 10.6 Å². The Morgan fingerprint density at radius 1 is 0.921 bits per heavy atom. The summed E-state index contributed by atoms with van der Waals surface area (Å²) in [6, 6.07) is 16.6. The van der Waals surface area contributed by atoms with Crippen molar-refractivity contribution in [3.63, 3.8) is 0 Å². The number of anilines is 1. The van der Waals surface area contributed by atoms with E-state index in [1.54, 1.807) is 63.2 Å². The van der Waals surface area contributed by atoms with E-state index < -0.39 is 40.2 Å². The Hall–Kier alpha value is -3.14. The van der Waals surface area contributed by atoms with Gasteiger partial charge < -0.3 is 10.2 Å². The van der Waals surface area contributed by atoms with Crippen molar-refractivity contribution in [3.8, 4) is 0 Å². The van der Waals surface area contributed by atoms with Crippen LogP contribution < -0.4 is 9.62 Å². The summed E-state index contributed by atoms with van der Waals surface area (Å²) in [5.74, 6) is -1.82. The number of carbonyl (C=O) groups excluding carboxylic acids is 2. The van der Waals surface area contributed by atoms with Gasteiger partial charge in [0.15, 0.2) is 0 Å². The lowest BCUT2D eigenvalue weighted by Gasteiger charge is -2.32. The topological polar surface area (TPSA) is 86.8 Å². The molecule has 0 radical (unpaired) electrons. The van der Waals surface area contributed by atoms with Crippen molar-refractivity contribution in [2.45, 2.75) is 44.3 Å². The molecule has 0 saturated carbocycles. The molecular weight excluding hydrogens is 552 g/mol. The van der Waals surface area contributed by atoms with Crippen molar-refractivity contribution in [2.24, 2.45) is 0 Å². The van der Waals surface area contributed by atoms with Crippen molar-refractivity contribution in [3.05, 3.63) is 94.2 Å². The lowest BCUT2D eigenvalue weighted by Crippen LogP contribution is -2.52. The molecule has 1 N–H and O–H groups in total. The molecule has 7 nitrogen and oxygen atoms in total. The third kappa shape index (κ3) is 7.03. The zero-order chi connectivity index (χ0) is 28.0. The van der Waals surface area contributed by atoms with E-state index in [9.17, 15) is 22.4 Å². The van der Waals surface area contributed by atoms with E-state index in [1.165, 1.54) is 23.1 Å². The van der Waals surface area contributed by atoms with E-state index in [-0.39, 0.29) is 28.2 Å². The standard InChI is InChI=1S/C27H28Cl2FN3O4S/c1-18(2)31-27(35)19(3)32(16-20-9-7-8-12-23(20)28)26(34)17-33(21-13-14-25(30)24(29)15-21)38(36,37)22-10-5-4-6-11-22/h4-15,18-19H,16-17H2,1-3H3,(H,31,35). The van der Waals surface area contributed by atoms with E-state index >= 15 is 0 Å². The minimum absolute atomic E-state index is 0.00872. The Kier molecular flexibility index (Phi) is 9.76. The molecule has 38 heavy (non-hydrogen) atoms. The van der Waals surface area contributed by atoms with Crippen LogP contribution in [0.1, 0.15) is 26.3 Å². The van der Waals surface area contributed by atoms with Gasteiger partial charge in [0, 0.05) is 17.6 Å². The first-order valence-electron chi connectivity index (χ1n) is 11.8. The minimum Gasteiger partial charge on any atom is -0.352 e. The van der Waals surface area contributed by atoms with Crippen molar-refractivity contribution in [2.75, 3.05) is 10.8 Å². The summed E-state index contributed by atoms with van der Waals surface area (Å²) in [7, 11) is -4.28. The van der Waals surface area contributed by atoms with Crippen LogP contribution in [0.25, 0.3) is 0 Å². The normalized spacial score (nSPS) is 12.2. The number of hydrogen-bond acceptors (Lipinski definition) is 4. The molecule has 0 aliphatic heterocycles. The Bertz CT molecular complexity index is 1400. The molecule has 0 heterocycles. The number of nitrogens with one attached hydrogen (secondary N) is 1. The van der Waals surface area contributed by atoms with Crippen molar-refractivity contribution in [1.82, 2.24) is 10.2 Å². The molecule has 11 heteroatoms. The number of halogens is 3. The summed E-state index contributed by atoms with van der Waals surface area (Å²) in [6.45, 7) is 4.41. The fourth-order valence-electron chi connectivity index (χ4n) is 3.69. The van der Waals surface area contributed by atoms with Gasteiger partial charge in [-0.2, -0.15) is 0 Å². The Morgan fingerprint density at radius 2 is 1.55 bits per heavy atom. The fourth-order valence-corrected chi connectivity index (χ4v) is 5.48. The van der Waals surface area contributed by atoms with E-state index in [4.69, 9.17) is 23.2 Å². The lowest BCUT2D eigenvalue weighted by atomic mass is 10.1. The largest absolute Gasteiger partial charge is 0.352 e. The molecule has 0 aliphatic carbocycles. The molecule has 0 aromatic heterocycles. The Balaban J connectivity index is 2.06. The van der Waals surface area contributed by atoms with Crippen LogP contribution in [0, 0.1) is 5.82 Å². The number of carbonyl (C=O) groups is 2. The van der Waals surface area contributed by atoms with Gasteiger partial charge in [-0.1, -0.05) is 59.6 Å². The lowest BCUT2D eigenvalue weighted by molar-refractivity contribution is -0.139. The number of rotatable bonds is 10. The average Bonchev–Trinajstić information content (AvgIpc) is 2.88. The fraction of sp³-hybridized carbons (Fsp3) is 0.259. The van der Waals surface area contributed by atoms with E-state index in [2.05, 4.69) is 5.32 Å². The molecule has 0 fully saturated rings. The zero-order valence-electron chi connectivity index (χ0n) is 21.1. The molecule has 3 rings (SSSR count). The molecular formula is C27H28Cl2FN3O4S. The number of benzene rings is 3. The Labute approximate surface area is 232 Å². The summed E-state index contributed by atoms with van der Waals surface area (Å²) >= 11 is 12.3. The second-order valence-corrected chi connectivity index (χ2v) is 11.6. The summed E-state index contributed by atoms with van der Waals surface area (Å²) in [5, 5.41) is 2.86. The average molecular weight is 581 g/mol. The molecule has 1 unspecified atom stereocenters. The van der Waals surface area contributed by atoms with Crippen LogP contribution in [-0.4, -0.2) is 43.8 Å². The number of amides is 2. The molecule has 1 atom stereocenters. The van der Waals surface area contributed by atoms with Gasteiger partial charge in [0.2, 0.25) is 11.8 Å². The van der Waals surface area contributed by atoms with Crippen molar-refractivity contribution >= 4 is 50.7 Å². The highest BCUT2D eigenvalue weighted by Gasteiger charge is 2.33. The summed E-state index contributed by atoms with van der Waals surface area (Å²) < 4.78 is 42.1. The number of sulfonamides is 1. The van der Waals surface area contributed by atoms with Crippen LogP contribution in [-0.2, 0) is 26.2 Å². The summed E-state index contributed by atoms with van der Waals surface area (Å²) in [5.41, 5.74) is 0.569. The molecule has 202 valence electrons. The monoisotopic (exact) mass is 579 g/mol. The first-order chi connectivity index (χ1) is 17.9. The van der Waals surface area contributed by atoms with E-state index in [1.807, 2.05) is 0 Å². The molecule has 2 amide bonds. The van der Waals surface area contributed by atoms with Gasteiger partial charge in [0.05, 0.1) is 15.6 Å². The SMILES string of the molecule is CC(C)NC(=O)C(C)N(Cc1ccccc1Cl)C(=O)CN(c1ccc(F)c(Cl)c1)S(=O)(=O)c1ccccc1. The van der Waals surface area contributed by atoms with Crippen LogP contribution in [0.3, 0.4) is 0 Å². The highest BCUT2D eigenvalue weighted by atomic mass is 35.5. The van der Waals surface area contributed by atoms with Gasteiger partial charge in [0.25, 0.3) is 10.0 Å². The second kappa shape index (κ2) is 12.6. The number of nitrogens with zero attached hydrogens (tertiary/aromatic N) is 2. The van der Waals surface area contributed by atoms with Crippen molar-refractivity contribution in [1.29, 1.82) is 0 Å². The van der Waals surface area contributed by atoms with Crippen LogP contribution in [0.15, 0.2) is 77.7 Å². The van der Waals surface area contributed by atoms with Crippen LogP contribution >= 0.6 is 23.2 Å². The van der Waals surface area contributed by atoms with Gasteiger partial charge in [0.1, 0.15) is 18.4 Å². The van der Waals surface area contributed by atoms with Crippen LogP contribution in [0.2, 0.25) is 10.0 Å². The van der Waals surface area contributed by atoms with E-state index in [0.717, 1.165) is 16.4 Å². The van der Waals surface area contributed by atoms with Crippen LogP contribution in [0.5, 0.6) is 0 Å². The van der Waals surface area contributed by atoms with Gasteiger partial charge in [-0.15, -0.1) is 0 Å². The Morgan fingerprint density at radius 3 is 2.16 bits per heavy atom. The third-order valence-electron chi connectivity index (χ3n) is 5.70. The first kappa shape index (κ1) is 29.4. The quantitative estimate of drug-likeness (QED) is 0.354. The highest BCUT2D eigenvalue weighted by molar-refractivity contribution is 7.92. The molecule has 3 aromatic rings. The third-order valence-corrected chi connectivity index (χ3v) is 8.14. The number of hydrogen-bond donors (Lipinski definition) is 1. The summed E-state index contributed by atoms with van der Waals surface area (Å²) in [4.78, 5) is 27.9. The van der Waals surface area contributed by atoms with Gasteiger partial charge in [-0.05, 0) is 62.7 Å². The molecule has 0 spiro atoms. The maximum absolute atomic E-state index is 13.9. The molecule has 3 aromatic carbocycles. The predicted octanol–water partition coefficient (Wildman–Crippen LogP) is 5.27. The maximum Gasteiger partial charge on any atom is 0.264 e.